The van der Waals surface area contributed by atoms with Crippen LogP contribution >= 0.6 is 0 Å². The fourth-order valence-electron chi connectivity index (χ4n) is 2.39. The fraction of sp³-hybridized carbons (Fsp3) is 0.111. The number of carbonyl (C=O) groups is 1. The molecule has 0 aliphatic heterocycles. The molecule has 24 heavy (non-hydrogen) atoms. The molecule has 0 aliphatic rings. The molecule has 0 saturated heterocycles. The summed E-state index contributed by atoms with van der Waals surface area (Å²) in [6, 6.07) is 15.9. The smallest absolute Gasteiger partial charge is 0.261 e. The molecule has 0 aliphatic carbocycles. The third-order valence-corrected chi connectivity index (χ3v) is 3.63. The normalized spacial score (nSPS) is 10.3. The van der Waals surface area contributed by atoms with Crippen LogP contribution in [0.4, 0.5) is 5.69 Å². The molecule has 118 valence electrons. The number of rotatable bonds is 4. The van der Waals surface area contributed by atoms with Gasteiger partial charge in [0.2, 0.25) is 5.91 Å². The molecule has 0 atom stereocenters. The molecule has 0 unspecified atom stereocenters. The lowest BCUT2D eigenvalue weighted by atomic mass is 10.2. The Morgan fingerprint density at radius 1 is 1.17 bits per heavy atom. The van der Waals surface area contributed by atoms with Crippen molar-refractivity contribution >= 4 is 22.5 Å². The Hall–Kier alpha value is -3.46. The third kappa shape index (κ3) is 3.15. The minimum atomic E-state index is -0.266. The minimum absolute atomic E-state index is 0.111. The van der Waals surface area contributed by atoms with E-state index in [0.717, 1.165) is 0 Å². The van der Waals surface area contributed by atoms with E-state index in [9.17, 15) is 9.59 Å². The molecule has 2 aromatic carbocycles. The van der Waals surface area contributed by atoms with Crippen molar-refractivity contribution in [1.29, 1.82) is 5.26 Å². The number of hydrogen-bond acceptors (Lipinski definition) is 4. The van der Waals surface area contributed by atoms with E-state index in [2.05, 4.69) is 10.3 Å². The molecule has 0 radical (unpaired) electrons. The SMILES string of the molecule is N#Cc1ccccc1NC(=O)CCn1cnc2ccccc2c1=O. The first kappa shape index (κ1) is 15.4. The highest BCUT2D eigenvalue weighted by Crippen LogP contribution is 2.13. The number of nitrogens with zero attached hydrogens (tertiary/aromatic N) is 3. The maximum absolute atomic E-state index is 12.3. The van der Waals surface area contributed by atoms with Crippen molar-refractivity contribution in [2.45, 2.75) is 13.0 Å². The highest BCUT2D eigenvalue weighted by molar-refractivity contribution is 5.92. The van der Waals surface area contributed by atoms with Gasteiger partial charge in [-0.3, -0.25) is 14.2 Å². The van der Waals surface area contributed by atoms with Gasteiger partial charge in [0.05, 0.1) is 28.5 Å². The van der Waals surface area contributed by atoms with Crippen LogP contribution < -0.4 is 10.9 Å². The van der Waals surface area contributed by atoms with Crippen molar-refractivity contribution in [3.05, 3.63) is 70.8 Å². The topological polar surface area (TPSA) is 87.8 Å². The number of carbonyl (C=O) groups excluding carboxylic acids is 1. The molecule has 1 aromatic heterocycles. The van der Waals surface area contributed by atoms with Gasteiger partial charge in [-0.2, -0.15) is 5.26 Å². The van der Waals surface area contributed by atoms with E-state index >= 15 is 0 Å². The Balaban J connectivity index is 1.72. The van der Waals surface area contributed by atoms with Crippen molar-refractivity contribution in [2.75, 3.05) is 5.32 Å². The fourth-order valence-corrected chi connectivity index (χ4v) is 2.39. The predicted molar refractivity (Wildman–Crippen MR) is 90.4 cm³/mol. The number of para-hydroxylation sites is 2. The maximum Gasteiger partial charge on any atom is 0.261 e. The molecule has 3 rings (SSSR count). The van der Waals surface area contributed by atoms with Crippen LogP contribution in [0.3, 0.4) is 0 Å². The molecule has 3 aromatic rings. The molecular weight excluding hydrogens is 304 g/mol. The van der Waals surface area contributed by atoms with E-state index in [1.54, 1.807) is 42.5 Å². The standard InChI is InChI=1S/C18H14N4O2/c19-11-13-5-1-3-7-15(13)21-17(23)9-10-22-12-20-16-8-4-2-6-14(16)18(22)24/h1-8,12H,9-10H2,(H,21,23). The van der Waals surface area contributed by atoms with Crippen LogP contribution in [0.25, 0.3) is 10.9 Å². The lowest BCUT2D eigenvalue weighted by molar-refractivity contribution is -0.116. The van der Waals surface area contributed by atoms with Crippen LogP contribution in [0.1, 0.15) is 12.0 Å². The minimum Gasteiger partial charge on any atom is -0.325 e. The van der Waals surface area contributed by atoms with Gasteiger partial charge < -0.3 is 5.32 Å². The van der Waals surface area contributed by atoms with E-state index in [0.29, 0.717) is 22.2 Å². The van der Waals surface area contributed by atoms with Gasteiger partial charge in [0.1, 0.15) is 6.07 Å². The number of aromatic nitrogens is 2. The molecular formula is C18H14N4O2. The number of hydrogen-bond donors (Lipinski definition) is 1. The first-order valence-electron chi connectivity index (χ1n) is 7.42. The van der Waals surface area contributed by atoms with E-state index in [1.165, 1.54) is 10.9 Å². The summed E-state index contributed by atoms with van der Waals surface area (Å²) in [6.45, 7) is 0.219. The lowest BCUT2D eigenvalue weighted by Gasteiger charge is -2.08. The van der Waals surface area contributed by atoms with Crippen LogP contribution in [0.5, 0.6) is 0 Å². The zero-order valence-corrected chi connectivity index (χ0v) is 12.8. The zero-order valence-electron chi connectivity index (χ0n) is 12.8. The van der Waals surface area contributed by atoms with Crippen LogP contribution in [-0.2, 0) is 11.3 Å². The van der Waals surface area contributed by atoms with Crippen molar-refractivity contribution in [3.63, 3.8) is 0 Å². The van der Waals surface area contributed by atoms with Gasteiger partial charge in [-0.1, -0.05) is 24.3 Å². The molecule has 0 bridgehead atoms. The van der Waals surface area contributed by atoms with E-state index in [1.807, 2.05) is 12.1 Å². The average Bonchev–Trinajstić information content (AvgIpc) is 2.62. The Bertz CT molecular complexity index is 1000. The number of anilines is 1. The Kier molecular flexibility index (Phi) is 4.34. The summed E-state index contributed by atoms with van der Waals surface area (Å²) >= 11 is 0. The first-order chi connectivity index (χ1) is 11.7. The largest absolute Gasteiger partial charge is 0.325 e. The summed E-state index contributed by atoms with van der Waals surface area (Å²) in [4.78, 5) is 28.6. The third-order valence-electron chi connectivity index (χ3n) is 3.63. The van der Waals surface area contributed by atoms with Crippen LogP contribution in [-0.4, -0.2) is 15.5 Å². The van der Waals surface area contributed by atoms with Crippen molar-refractivity contribution < 1.29 is 4.79 Å². The van der Waals surface area contributed by atoms with Gasteiger partial charge in [-0.15, -0.1) is 0 Å². The zero-order chi connectivity index (χ0) is 16.9. The molecule has 1 heterocycles. The summed E-state index contributed by atoms with van der Waals surface area (Å²) in [5.74, 6) is -0.266. The Morgan fingerprint density at radius 3 is 2.75 bits per heavy atom. The summed E-state index contributed by atoms with van der Waals surface area (Å²) in [7, 11) is 0. The number of benzene rings is 2. The number of nitrogens with one attached hydrogen (secondary N) is 1. The van der Waals surface area contributed by atoms with E-state index in [-0.39, 0.29) is 24.4 Å². The molecule has 0 saturated carbocycles. The second-order valence-corrected chi connectivity index (χ2v) is 5.22. The van der Waals surface area contributed by atoms with Crippen LogP contribution in [0.15, 0.2) is 59.7 Å². The molecule has 1 N–H and O–H groups in total. The molecule has 0 spiro atoms. The summed E-state index contributed by atoms with van der Waals surface area (Å²) in [5.41, 5.74) is 1.32. The predicted octanol–water partition coefficient (Wildman–Crippen LogP) is 2.30. The van der Waals surface area contributed by atoms with Crippen LogP contribution in [0, 0.1) is 11.3 Å². The Morgan fingerprint density at radius 2 is 1.92 bits per heavy atom. The van der Waals surface area contributed by atoms with Gasteiger partial charge in [-0.05, 0) is 24.3 Å². The van der Waals surface area contributed by atoms with Crippen molar-refractivity contribution in [2.24, 2.45) is 0 Å². The van der Waals surface area contributed by atoms with E-state index in [4.69, 9.17) is 5.26 Å². The Labute approximate surface area is 138 Å². The number of aryl methyl sites for hydroxylation is 1. The molecule has 0 fully saturated rings. The van der Waals surface area contributed by atoms with Gasteiger partial charge in [-0.25, -0.2) is 4.98 Å². The van der Waals surface area contributed by atoms with E-state index < -0.39 is 0 Å². The molecule has 6 nitrogen and oxygen atoms in total. The van der Waals surface area contributed by atoms with Crippen molar-refractivity contribution in [3.8, 4) is 6.07 Å². The quantitative estimate of drug-likeness (QED) is 0.799. The number of fused-ring (bicyclic) bond motifs is 1. The molecule has 6 heteroatoms. The van der Waals surface area contributed by atoms with Gasteiger partial charge in [0.25, 0.3) is 5.56 Å². The maximum atomic E-state index is 12.3. The lowest BCUT2D eigenvalue weighted by Crippen LogP contribution is -2.23. The second kappa shape index (κ2) is 6.75. The van der Waals surface area contributed by atoms with Crippen molar-refractivity contribution in [1.82, 2.24) is 9.55 Å². The molecule has 1 amide bonds. The summed E-state index contributed by atoms with van der Waals surface area (Å²) < 4.78 is 1.41. The average molecular weight is 318 g/mol. The van der Waals surface area contributed by atoms with Gasteiger partial charge >= 0.3 is 0 Å². The summed E-state index contributed by atoms with van der Waals surface area (Å²) in [5, 5.41) is 12.2. The highest BCUT2D eigenvalue weighted by atomic mass is 16.1. The number of amides is 1. The monoisotopic (exact) mass is 318 g/mol. The summed E-state index contributed by atoms with van der Waals surface area (Å²) in [6.07, 6.45) is 1.56. The first-order valence-corrected chi connectivity index (χ1v) is 7.42. The van der Waals surface area contributed by atoms with Crippen LogP contribution in [0.2, 0.25) is 0 Å². The highest BCUT2D eigenvalue weighted by Gasteiger charge is 2.08. The van der Waals surface area contributed by atoms with Gasteiger partial charge in [0.15, 0.2) is 0 Å². The number of nitriles is 1. The van der Waals surface area contributed by atoms with Gasteiger partial charge in [0, 0.05) is 13.0 Å². The second-order valence-electron chi connectivity index (χ2n) is 5.22.